The summed E-state index contributed by atoms with van der Waals surface area (Å²) in [6.45, 7) is 1.50. The Morgan fingerprint density at radius 1 is 1.32 bits per heavy atom. The normalized spacial score (nSPS) is 10.8. The van der Waals surface area contributed by atoms with Crippen LogP contribution in [0, 0.1) is 22.9 Å². The third-order valence-electron chi connectivity index (χ3n) is 2.86. The summed E-state index contributed by atoms with van der Waals surface area (Å²) < 4.78 is 23.0. The summed E-state index contributed by atoms with van der Waals surface area (Å²) >= 11 is 0. The molecule has 112 valence electrons. The summed E-state index contributed by atoms with van der Waals surface area (Å²) in [4.78, 5) is 21.8. The average Bonchev–Trinajstić information content (AvgIpc) is 3.08. The van der Waals surface area contributed by atoms with Gasteiger partial charge in [-0.15, -0.1) is 4.63 Å². The molecule has 3 aromatic rings. The summed E-state index contributed by atoms with van der Waals surface area (Å²) in [5, 5.41) is 20.8. The van der Waals surface area contributed by atoms with Gasteiger partial charge in [0, 0.05) is 0 Å². The lowest BCUT2D eigenvalue weighted by Gasteiger charge is -2.04. The Balaban J connectivity index is 2.24. The maximum Gasteiger partial charge on any atom is 0.446 e. The molecule has 0 N–H and O–H groups in total. The summed E-state index contributed by atoms with van der Waals surface area (Å²) in [5.41, 5.74) is 0.0969. The summed E-state index contributed by atoms with van der Waals surface area (Å²) in [5.74, 6) is -2.38. The van der Waals surface area contributed by atoms with Crippen LogP contribution >= 0.6 is 0 Å². The Bertz CT molecular complexity index is 927. The molecule has 0 saturated heterocycles. The highest BCUT2D eigenvalue weighted by atomic mass is 19.1. The molecule has 11 heteroatoms. The second-order valence-electron chi connectivity index (χ2n) is 4.23. The standard InChI is InChI=1S/C11H6FN5O5/c1-5-4-6(2-3-7(5)12)16-9(14-21-11(16)18)8-10(17(19)20)15-22-13-8/h2-4H,1H3. The van der Waals surface area contributed by atoms with E-state index < -0.39 is 22.3 Å². The molecule has 0 aliphatic rings. The molecule has 0 bridgehead atoms. The maximum absolute atomic E-state index is 13.3. The van der Waals surface area contributed by atoms with Gasteiger partial charge in [0.2, 0.25) is 5.82 Å². The number of aryl methyl sites for hydroxylation is 1. The van der Waals surface area contributed by atoms with Gasteiger partial charge in [-0.1, -0.05) is 5.16 Å². The smallest absolute Gasteiger partial charge is 0.358 e. The fraction of sp³-hybridized carbons (Fsp3) is 0.0909. The second kappa shape index (κ2) is 4.87. The molecule has 0 amide bonds. The number of halogens is 1. The fourth-order valence-electron chi connectivity index (χ4n) is 1.84. The number of rotatable bonds is 3. The van der Waals surface area contributed by atoms with Crippen LogP contribution < -0.4 is 5.76 Å². The van der Waals surface area contributed by atoms with Gasteiger partial charge in [-0.25, -0.2) is 13.8 Å². The average molecular weight is 307 g/mol. The van der Waals surface area contributed by atoms with Crippen LogP contribution in [0.5, 0.6) is 0 Å². The van der Waals surface area contributed by atoms with E-state index in [2.05, 4.69) is 24.6 Å². The number of nitrogens with zero attached hydrogens (tertiary/aromatic N) is 5. The van der Waals surface area contributed by atoms with Gasteiger partial charge < -0.3 is 10.1 Å². The first-order chi connectivity index (χ1) is 10.5. The van der Waals surface area contributed by atoms with E-state index in [1.54, 1.807) is 0 Å². The van der Waals surface area contributed by atoms with Crippen molar-refractivity contribution in [2.45, 2.75) is 6.92 Å². The molecule has 3 rings (SSSR count). The van der Waals surface area contributed by atoms with Crippen LogP contribution in [0.1, 0.15) is 5.56 Å². The largest absolute Gasteiger partial charge is 0.446 e. The van der Waals surface area contributed by atoms with Crippen molar-refractivity contribution in [3.05, 3.63) is 50.2 Å². The Morgan fingerprint density at radius 3 is 2.77 bits per heavy atom. The van der Waals surface area contributed by atoms with Crippen LogP contribution in [0.2, 0.25) is 0 Å². The molecule has 22 heavy (non-hydrogen) atoms. The zero-order chi connectivity index (χ0) is 15.9. The number of hydrogen-bond donors (Lipinski definition) is 0. The third-order valence-corrected chi connectivity index (χ3v) is 2.86. The van der Waals surface area contributed by atoms with Crippen molar-refractivity contribution in [1.29, 1.82) is 0 Å². The lowest BCUT2D eigenvalue weighted by atomic mass is 10.2. The van der Waals surface area contributed by atoms with Crippen molar-refractivity contribution < 1.29 is 18.5 Å². The van der Waals surface area contributed by atoms with Crippen LogP contribution in [0.3, 0.4) is 0 Å². The molecule has 2 heterocycles. The van der Waals surface area contributed by atoms with Crippen molar-refractivity contribution in [3.8, 4) is 17.2 Å². The molecule has 0 unspecified atom stereocenters. The first kappa shape index (κ1) is 13.6. The fourth-order valence-corrected chi connectivity index (χ4v) is 1.84. The summed E-state index contributed by atoms with van der Waals surface area (Å²) in [6, 6.07) is 3.80. The molecule has 0 aliphatic heterocycles. The second-order valence-corrected chi connectivity index (χ2v) is 4.23. The van der Waals surface area contributed by atoms with Gasteiger partial charge in [0.1, 0.15) is 5.82 Å². The van der Waals surface area contributed by atoms with Gasteiger partial charge in [-0.3, -0.25) is 4.52 Å². The topological polar surface area (TPSA) is 130 Å². The molecular weight excluding hydrogens is 301 g/mol. The first-order valence-electron chi connectivity index (χ1n) is 5.81. The quantitative estimate of drug-likeness (QED) is 0.521. The molecular formula is C11H6FN5O5. The molecule has 0 atom stereocenters. The summed E-state index contributed by atoms with van der Waals surface area (Å²) in [7, 11) is 0. The van der Waals surface area contributed by atoms with E-state index in [0.29, 0.717) is 0 Å². The highest BCUT2D eigenvalue weighted by Crippen LogP contribution is 2.25. The van der Waals surface area contributed by atoms with Crippen molar-refractivity contribution >= 4 is 5.82 Å². The summed E-state index contributed by atoms with van der Waals surface area (Å²) in [6.07, 6.45) is 0. The zero-order valence-electron chi connectivity index (χ0n) is 10.9. The number of nitro groups is 1. The lowest BCUT2D eigenvalue weighted by Crippen LogP contribution is -2.14. The van der Waals surface area contributed by atoms with Crippen LogP contribution in [-0.2, 0) is 0 Å². The number of hydrogen-bond acceptors (Lipinski definition) is 8. The molecule has 2 aromatic heterocycles. The van der Waals surface area contributed by atoms with Gasteiger partial charge in [-0.05, 0) is 40.8 Å². The van der Waals surface area contributed by atoms with Crippen LogP contribution in [-0.4, -0.2) is 25.0 Å². The van der Waals surface area contributed by atoms with Crippen LogP contribution in [0.15, 0.2) is 32.1 Å². The monoisotopic (exact) mass is 307 g/mol. The zero-order valence-corrected chi connectivity index (χ0v) is 10.9. The number of aromatic nitrogens is 4. The molecule has 0 fully saturated rings. The first-order valence-corrected chi connectivity index (χ1v) is 5.81. The highest BCUT2D eigenvalue weighted by Gasteiger charge is 2.30. The van der Waals surface area contributed by atoms with Crippen molar-refractivity contribution in [2.24, 2.45) is 0 Å². The van der Waals surface area contributed by atoms with Crippen LogP contribution in [0.4, 0.5) is 10.2 Å². The predicted molar refractivity (Wildman–Crippen MR) is 66.7 cm³/mol. The molecule has 0 saturated carbocycles. The van der Waals surface area contributed by atoms with Crippen molar-refractivity contribution in [1.82, 2.24) is 20.0 Å². The molecule has 0 spiro atoms. The lowest BCUT2D eigenvalue weighted by molar-refractivity contribution is -0.390. The van der Waals surface area contributed by atoms with Gasteiger partial charge in [0.15, 0.2) is 5.16 Å². The van der Waals surface area contributed by atoms with Gasteiger partial charge in [0.05, 0.1) is 5.69 Å². The van der Waals surface area contributed by atoms with E-state index in [-0.39, 0.29) is 22.8 Å². The third kappa shape index (κ3) is 2.04. The van der Waals surface area contributed by atoms with E-state index in [0.717, 1.165) is 10.6 Å². The van der Waals surface area contributed by atoms with E-state index in [9.17, 15) is 19.3 Å². The minimum absolute atomic E-state index is 0.206. The van der Waals surface area contributed by atoms with E-state index in [4.69, 9.17) is 0 Å². The molecule has 0 aliphatic carbocycles. The maximum atomic E-state index is 13.3. The Labute approximate surface area is 119 Å². The van der Waals surface area contributed by atoms with Gasteiger partial charge in [-0.2, -0.15) is 0 Å². The predicted octanol–water partition coefficient (Wildman–Crippen LogP) is 1.23. The van der Waals surface area contributed by atoms with E-state index >= 15 is 0 Å². The Morgan fingerprint density at radius 2 is 2.09 bits per heavy atom. The van der Waals surface area contributed by atoms with E-state index in [1.165, 1.54) is 19.1 Å². The Kier molecular flexibility index (Phi) is 3.01. The number of benzene rings is 1. The van der Waals surface area contributed by atoms with Crippen LogP contribution in [0.25, 0.3) is 17.2 Å². The van der Waals surface area contributed by atoms with Crippen molar-refractivity contribution in [2.75, 3.05) is 0 Å². The molecule has 0 radical (unpaired) electrons. The van der Waals surface area contributed by atoms with E-state index in [1.807, 2.05) is 0 Å². The van der Waals surface area contributed by atoms with Crippen molar-refractivity contribution in [3.63, 3.8) is 0 Å². The Hall–Kier alpha value is -3.37. The van der Waals surface area contributed by atoms with Gasteiger partial charge in [0.25, 0.3) is 5.69 Å². The highest BCUT2D eigenvalue weighted by molar-refractivity contribution is 5.60. The minimum atomic E-state index is -0.918. The molecule has 1 aromatic carbocycles. The molecule has 10 nitrogen and oxygen atoms in total. The SMILES string of the molecule is Cc1cc(-n2c(-c3nonc3[N+](=O)[O-])noc2=O)ccc1F. The minimum Gasteiger partial charge on any atom is -0.358 e. The van der Waals surface area contributed by atoms with Gasteiger partial charge >= 0.3 is 11.6 Å².